The van der Waals surface area contributed by atoms with E-state index in [1.54, 1.807) is 0 Å². The highest BCUT2D eigenvalue weighted by atomic mass is 16.5. The largest absolute Gasteiger partial charge is 0.380 e. The zero-order valence-electron chi connectivity index (χ0n) is 9.70. The highest BCUT2D eigenvalue weighted by Gasteiger charge is 2.00. The number of aromatic nitrogens is 2. The fourth-order valence-electron chi connectivity index (χ4n) is 1.38. The number of ether oxygens (including phenoxy) is 1. The maximum Gasteiger partial charge on any atom is 0.122 e. The quantitative estimate of drug-likeness (QED) is 0.661. The Balaban J connectivity index is 2.21. The summed E-state index contributed by atoms with van der Waals surface area (Å²) < 4.78 is 7.64. The molecule has 4 nitrogen and oxygen atoms in total. The zero-order chi connectivity index (χ0) is 10.9. The monoisotopic (exact) mass is 211 g/mol. The second kappa shape index (κ2) is 7.43. The first-order chi connectivity index (χ1) is 7.38. The third-order valence-electron chi connectivity index (χ3n) is 2.26. The predicted molar refractivity (Wildman–Crippen MR) is 60.7 cm³/mol. The Kier molecular flexibility index (Phi) is 6.04. The van der Waals surface area contributed by atoms with Gasteiger partial charge >= 0.3 is 0 Å². The fraction of sp³-hybridized carbons (Fsp3) is 0.727. The van der Waals surface area contributed by atoms with Crippen LogP contribution in [0.4, 0.5) is 0 Å². The number of imidazole rings is 1. The molecular weight excluding hydrogens is 190 g/mol. The molecule has 4 heteroatoms. The van der Waals surface area contributed by atoms with Crippen LogP contribution in [-0.4, -0.2) is 29.8 Å². The van der Waals surface area contributed by atoms with E-state index in [2.05, 4.69) is 21.8 Å². The molecule has 0 aliphatic rings. The van der Waals surface area contributed by atoms with Gasteiger partial charge in [-0.1, -0.05) is 13.3 Å². The maximum absolute atomic E-state index is 5.51. The van der Waals surface area contributed by atoms with Gasteiger partial charge in [-0.3, -0.25) is 0 Å². The first-order valence-electron chi connectivity index (χ1n) is 5.60. The Labute approximate surface area is 91.7 Å². The van der Waals surface area contributed by atoms with Gasteiger partial charge in [0.25, 0.3) is 0 Å². The molecule has 15 heavy (non-hydrogen) atoms. The van der Waals surface area contributed by atoms with Gasteiger partial charge in [-0.25, -0.2) is 4.98 Å². The van der Waals surface area contributed by atoms with Crippen LogP contribution in [0.25, 0.3) is 0 Å². The van der Waals surface area contributed by atoms with Crippen LogP contribution >= 0.6 is 0 Å². The smallest absolute Gasteiger partial charge is 0.122 e. The van der Waals surface area contributed by atoms with Gasteiger partial charge in [0.2, 0.25) is 0 Å². The van der Waals surface area contributed by atoms with Crippen LogP contribution < -0.4 is 5.32 Å². The van der Waals surface area contributed by atoms with Crippen molar-refractivity contribution in [2.45, 2.75) is 32.9 Å². The van der Waals surface area contributed by atoms with Crippen LogP contribution in [0.2, 0.25) is 0 Å². The molecule has 1 heterocycles. The minimum absolute atomic E-state index is 0.771. The lowest BCUT2D eigenvalue weighted by atomic mass is 10.4. The number of hydrogen-bond acceptors (Lipinski definition) is 3. The number of nitrogens with one attached hydrogen (secondary N) is 1. The van der Waals surface area contributed by atoms with Crippen LogP contribution in [-0.2, 0) is 17.8 Å². The van der Waals surface area contributed by atoms with Crippen molar-refractivity contribution in [1.82, 2.24) is 14.9 Å². The molecule has 1 aromatic rings. The molecule has 0 amide bonds. The molecule has 1 aromatic heterocycles. The number of rotatable bonds is 8. The Morgan fingerprint density at radius 1 is 1.47 bits per heavy atom. The third kappa shape index (κ3) is 4.44. The SMILES string of the molecule is CCCCOCCn1ccnc1CNC. The Morgan fingerprint density at radius 3 is 3.07 bits per heavy atom. The highest BCUT2D eigenvalue weighted by Crippen LogP contribution is 1.97. The summed E-state index contributed by atoms with van der Waals surface area (Å²) >= 11 is 0. The summed E-state index contributed by atoms with van der Waals surface area (Å²) in [6.07, 6.45) is 6.16. The minimum Gasteiger partial charge on any atom is -0.380 e. The van der Waals surface area contributed by atoms with Crippen molar-refractivity contribution in [1.29, 1.82) is 0 Å². The van der Waals surface area contributed by atoms with E-state index in [0.29, 0.717) is 0 Å². The molecule has 0 radical (unpaired) electrons. The summed E-state index contributed by atoms with van der Waals surface area (Å²) in [4.78, 5) is 4.27. The first kappa shape index (κ1) is 12.2. The molecule has 0 saturated heterocycles. The minimum atomic E-state index is 0.771. The molecule has 0 fully saturated rings. The molecule has 0 spiro atoms. The standard InChI is InChI=1S/C11H21N3O/c1-3-4-8-15-9-7-14-6-5-13-11(14)10-12-2/h5-6,12H,3-4,7-10H2,1-2H3. The summed E-state index contributed by atoms with van der Waals surface area (Å²) in [6.45, 7) is 5.51. The number of nitrogens with zero attached hydrogens (tertiary/aromatic N) is 2. The van der Waals surface area contributed by atoms with Gasteiger partial charge in [0.05, 0.1) is 13.2 Å². The average molecular weight is 211 g/mol. The molecule has 0 atom stereocenters. The molecule has 86 valence electrons. The molecule has 0 aliphatic carbocycles. The summed E-state index contributed by atoms with van der Waals surface area (Å²) in [5.74, 6) is 1.07. The highest BCUT2D eigenvalue weighted by molar-refractivity contribution is 4.91. The van der Waals surface area contributed by atoms with Crippen LogP contribution in [0.15, 0.2) is 12.4 Å². The van der Waals surface area contributed by atoms with E-state index in [1.165, 1.54) is 6.42 Å². The molecular formula is C11H21N3O. The second-order valence-electron chi connectivity index (χ2n) is 3.53. The van der Waals surface area contributed by atoms with Gasteiger partial charge in [-0.15, -0.1) is 0 Å². The van der Waals surface area contributed by atoms with Crippen molar-refractivity contribution in [3.8, 4) is 0 Å². The van der Waals surface area contributed by atoms with Gasteiger partial charge in [-0.05, 0) is 13.5 Å². The molecule has 0 bridgehead atoms. The van der Waals surface area contributed by atoms with Crippen molar-refractivity contribution in [3.63, 3.8) is 0 Å². The molecule has 0 aromatic carbocycles. The van der Waals surface area contributed by atoms with Gasteiger partial charge in [0.15, 0.2) is 0 Å². The Bertz CT molecular complexity index is 260. The van der Waals surface area contributed by atoms with Gasteiger partial charge in [0.1, 0.15) is 5.82 Å². The van der Waals surface area contributed by atoms with E-state index in [0.717, 1.165) is 38.5 Å². The van der Waals surface area contributed by atoms with Gasteiger partial charge in [-0.2, -0.15) is 0 Å². The van der Waals surface area contributed by atoms with E-state index in [9.17, 15) is 0 Å². The number of unbranched alkanes of at least 4 members (excludes halogenated alkanes) is 1. The Hall–Kier alpha value is -0.870. The summed E-state index contributed by atoms with van der Waals surface area (Å²) in [5.41, 5.74) is 0. The van der Waals surface area contributed by atoms with E-state index < -0.39 is 0 Å². The van der Waals surface area contributed by atoms with E-state index in [4.69, 9.17) is 4.74 Å². The van der Waals surface area contributed by atoms with Crippen molar-refractivity contribution >= 4 is 0 Å². The lowest BCUT2D eigenvalue weighted by molar-refractivity contribution is 0.123. The van der Waals surface area contributed by atoms with Crippen molar-refractivity contribution < 1.29 is 4.74 Å². The summed E-state index contributed by atoms with van der Waals surface area (Å²) in [7, 11) is 1.93. The summed E-state index contributed by atoms with van der Waals surface area (Å²) in [5, 5.41) is 3.10. The predicted octanol–water partition coefficient (Wildman–Crippen LogP) is 1.42. The topological polar surface area (TPSA) is 39.1 Å². The second-order valence-corrected chi connectivity index (χ2v) is 3.53. The lowest BCUT2D eigenvalue weighted by Crippen LogP contribution is -2.14. The Morgan fingerprint density at radius 2 is 2.33 bits per heavy atom. The summed E-state index contributed by atoms with van der Waals surface area (Å²) in [6, 6.07) is 0. The zero-order valence-corrected chi connectivity index (χ0v) is 9.70. The molecule has 0 saturated carbocycles. The van der Waals surface area contributed by atoms with E-state index >= 15 is 0 Å². The van der Waals surface area contributed by atoms with Crippen LogP contribution in [0.1, 0.15) is 25.6 Å². The molecule has 1 N–H and O–H groups in total. The van der Waals surface area contributed by atoms with Crippen LogP contribution in [0.5, 0.6) is 0 Å². The van der Waals surface area contributed by atoms with Crippen LogP contribution in [0.3, 0.4) is 0 Å². The van der Waals surface area contributed by atoms with E-state index in [1.807, 2.05) is 19.4 Å². The lowest BCUT2D eigenvalue weighted by Gasteiger charge is -2.07. The van der Waals surface area contributed by atoms with Crippen LogP contribution in [0, 0.1) is 0 Å². The molecule has 1 rings (SSSR count). The third-order valence-corrected chi connectivity index (χ3v) is 2.26. The normalized spacial score (nSPS) is 10.8. The molecule has 0 aliphatic heterocycles. The van der Waals surface area contributed by atoms with Crippen molar-refractivity contribution in [2.24, 2.45) is 0 Å². The first-order valence-corrected chi connectivity index (χ1v) is 5.60. The fourth-order valence-corrected chi connectivity index (χ4v) is 1.38. The number of hydrogen-bond donors (Lipinski definition) is 1. The van der Waals surface area contributed by atoms with Crippen molar-refractivity contribution in [3.05, 3.63) is 18.2 Å². The van der Waals surface area contributed by atoms with Crippen molar-refractivity contribution in [2.75, 3.05) is 20.3 Å². The maximum atomic E-state index is 5.51. The molecule has 0 unspecified atom stereocenters. The average Bonchev–Trinajstić information content (AvgIpc) is 2.66. The van der Waals surface area contributed by atoms with Gasteiger partial charge in [0, 0.05) is 25.5 Å². The van der Waals surface area contributed by atoms with E-state index in [-0.39, 0.29) is 0 Å². The van der Waals surface area contributed by atoms with Gasteiger partial charge < -0.3 is 14.6 Å².